The maximum Gasteiger partial charge on any atom is 0.287 e. The van der Waals surface area contributed by atoms with E-state index >= 15 is 0 Å². The number of nitrogens with one attached hydrogen (secondary N) is 1. The summed E-state index contributed by atoms with van der Waals surface area (Å²) in [4.78, 5) is 12.3. The molecule has 21 heavy (non-hydrogen) atoms. The second-order valence-corrected chi connectivity index (χ2v) is 5.69. The number of carbonyl (C=O) groups is 1. The van der Waals surface area contributed by atoms with Gasteiger partial charge in [0.2, 0.25) is 0 Å². The number of benzene rings is 1. The van der Waals surface area contributed by atoms with Gasteiger partial charge >= 0.3 is 0 Å². The molecule has 0 saturated heterocycles. The van der Waals surface area contributed by atoms with Crippen molar-refractivity contribution in [2.24, 2.45) is 5.41 Å². The summed E-state index contributed by atoms with van der Waals surface area (Å²) in [5, 5.41) is 12.0. The molecule has 0 bridgehead atoms. The van der Waals surface area contributed by atoms with Crippen molar-refractivity contribution < 1.29 is 14.3 Å². The van der Waals surface area contributed by atoms with Crippen LogP contribution in [0.15, 0.2) is 47.1 Å². The molecular formula is C17H19NO3. The van der Waals surface area contributed by atoms with Gasteiger partial charge in [-0.2, -0.15) is 0 Å². The first-order chi connectivity index (χ1) is 10.2. The molecule has 0 spiro atoms. The van der Waals surface area contributed by atoms with Gasteiger partial charge in [-0.3, -0.25) is 4.79 Å². The molecule has 0 aliphatic heterocycles. The van der Waals surface area contributed by atoms with E-state index in [-0.39, 0.29) is 17.9 Å². The fourth-order valence-electron chi connectivity index (χ4n) is 2.61. The van der Waals surface area contributed by atoms with Gasteiger partial charge in [0.25, 0.3) is 5.91 Å². The van der Waals surface area contributed by atoms with Crippen LogP contribution in [0.3, 0.4) is 0 Å². The molecular weight excluding hydrogens is 266 g/mol. The fraction of sp³-hybridized carbons (Fsp3) is 0.353. The molecule has 4 nitrogen and oxygen atoms in total. The fourth-order valence-corrected chi connectivity index (χ4v) is 2.61. The molecule has 1 heterocycles. The molecule has 1 aromatic carbocycles. The standard InChI is InChI=1S/C17H19NO3/c19-10-9-17(7-8-17)12-18-16(20)15-14(6-11-21-15)13-4-2-1-3-5-13/h1-6,11,19H,7-10,12H2,(H,18,20). The lowest BCUT2D eigenvalue weighted by atomic mass is 10.0. The molecule has 0 radical (unpaired) electrons. The Morgan fingerprint density at radius 3 is 2.67 bits per heavy atom. The van der Waals surface area contributed by atoms with Crippen molar-refractivity contribution in [3.8, 4) is 11.1 Å². The van der Waals surface area contributed by atoms with Crippen LogP contribution >= 0.6 is 0 Å². The molecule has 0 atom stereocenters. The van der Waals surface area contributed by atoms with Crippen LogP contribution < -0.4 is 5.32 Å². The van der Waals surface area contributed by atoms with Gasteiger partial charge in [0, 0.05) is 18.7 Å². The number of aliphatic hydroxyl groups excluding tert-OH is 1. The lowest BCUT2D eigenvalue weighted by Gasteiger charge is -2.14. The molecule has 3 rings (SSSR count). The quantitative estimate of drug-likeness (QED) is 0.858. The second kappa shape index (κ2) is 5.74. The summed E-state index contributed by atoms with van der Waals surface area (Å²) in [6, 6.07) is 11.5. The Morgan fingerprint density at radius 1 is 1.24 bits per heavy atom. The zero-order chi connectivity index (χ0) is 14.7. The van der Waals surface area contributed by atoms with E-state index < -0.39 is 0 Å². The lowest BCUT2D eigenvalue weighted by Crippen LogP contribution is -2.30. The average Bonchev–Trinajstić information content (AvgIpc) is 3.10. The van der Waals surface area contributed by atoms with Gasteiger partial charge < -0.3 is 14.8 Å². The SMILES string of the molecule is O=C(NCC1(CCO)CC1)c1occc1-c1ccccc1. The number of hydrogen-bond acceptors (Lipinski definition) is 3. The van der Waals surface area contributed by atoms with Crippen molar-refractivity contribution in [1.29, 1.82) is 0 Å². The Balaban J connectivity index is 1.70. The first-order valence-electron chi connectivity index (χ1n) is 7.26. The van der Waals surface area contributed by atoms with Gasteiger partial charge in [0.05, 0.1) is 6.26 Å². The van der Waals surface area contributed by atoms with Crippen molar-refractivity contribution in [1.82, 2.24) is 5.32 Å². The predicted octanol–water partition coefficient (Wildman–Crippen LogP) is 2.84. The zero-order valence-electron chi connectivity index (χ0n) is 11.8. The van der Waals surface area contributed by atoms with Gasteiger partial charge in [0.15, 0.2) is 5.76 Å². The van der Waals surface area contributed by atoms with Crippen LogP contribution in [0.4, 0.5) is 0 Å². The van der Waals surface area contributed by atoms with E-state index in [0.29, 0.717) is 12.3 Å². The third kappa shape index (κ3) is 3.00. The predicted molar refractivity (Wildman–Crippen MR) is 79.8 cm³/mol. The van der Waals surface area contributed by atoms with E-state index in [1.165, 1.54) is 6.26 Å². The largest absolute Gasteiger partial charge is 0.459 e. The van der Waals surface area contributed by atoms with Crippen molar-refractivity contribution in [3.63, 3.8) is 0 Å². The van der Waals surface area contributed by atoms with E-state index in [2.05, 4.69) is 5.32 Å². The Morgan fingerprint density at radius 2 is 2.00 bits per heavy atom. The van der Waals surface area contributed by atoms with Crippen LogP contribution in [-0.2, 0) is 0 Å². The van der Waals surface area contributed by atoms with E-state index in [4.69, 9.17) is 9.52 Å². The molecule has 1 aliphatic carbocycles. The third-order valence-corrected chi connectivity index (χ3v) is 4.18. The summed E-state index contributed by atoms with van der Waals surface area (Å²) >= 11 is 0. The van der Waals surface area contributed by atoms with Crippen molar-refractivity contribution >= 4 is 5.91 Å². The van der Waals surface area contributed by atoms with E-state index in [1.54, 1.807) is 0 Å². The first-order valence-corrected chi connectivity index (χ1v) is 7.26. The van der Waals surface area contributed by atoms with Crippen LogP contribution in [0.1, 0.15) is 29.8 Å². The summed E-state index contributed by atoms with van der Waals surface area (Å²) < 4.78 is 5.37. The summed E-state index contributed by atoms with van der Waals surface area (Å²) in [5.74, 6) is 0.157. The zero-order valence-corrected chi connectivity index (χ0v) is 11.8. The molecule has 0 unspecified atom stereocenters. The smallest absolute Gasteiger partial charge is 0.287 e. The maximum atomic E-state index is 12.3. The topological polar surface area (TPSA) is 62.5 Å². The van der Waals surface area contributed by atoms with Crippen LogP contribution in [-0.4, -0.2) is 24.2 Å². The van der Waals surface area contributed by atoms with E-state index in [1.807, 2.05) is 36.4 Å². The third-order valence-electron chi connectivity index (χ3n) is 4.18. The highest BCUT2D eigenvalue weighted by Gasteiger charge is 2.42. The monoisotopic (exact) mass is 285 g/mol. The van der Waals surface area contributed by atoms with Gasteiger partial charge in [-0.05, 0) is 36.3 Å². The highest BCUT2D eigenvalue weighted by Crippen LogP contribution is 2.47. The molecule has 1 aromatic heterocycles. The molecule has 1 amide bonds. The molecule has 2 aromatic rings. The van der Waals surface area contributed by atoms with Crippen molar-refractivity contribution in [3.05, 3.63) is 48.4 Å². The van der Waals surface area contributed by atoms with Crippen LogP contribution in [0.2, 0.25) is 0 Å². The minimum atomic E-state index is -0.192. The number of rotatable bonds is 6. The minimum Gasteiger partial charge on any atom is -0.459 e. The van der Waals surface area contributed by atoms with Crippen LogP contribution in [0.25, 0.3) is 11.1 Å². The number of aliphatic hydroxyl groups is 1. The highest BCUT2D eigenvalue weighted by atomic mass is 16.3. The highest BCUT2D eigenvalue weighted by molar-refractivity contribution is 5.98. The molecule has 1 fully saturated rings. The molecule has 110 valence electrons. The Hall–Kier alpha value is -2.07. The molecule has 1 aliphatic rings. The summed E-state index contributed by atoms with van der Waals surface area (Å²) in [6.07, 6.45) is 4.42. The normalized spacial score (nSPS) is 15.7. The molecule has 1 saturated carbocycles. The number of amides is 1. The first kappa shape index (κ1) is 13.9. The Bertz CT molecular complexity index is 614. The van der Waals surface area contributed by atoms with Gasteiger partial charge in [-0.15, -0.1) is 0 Å². The van der Waals surface area contributed by atoms with E-state index in [9.17, 15) is 4.79 Å². The number of carbonyl (C=O) groups excluding carboxylic acids is 1. The number of hydrogen-bond donors (Lipinski definition) is 2. The van der Waals surface area contributed by atoms with Crippen LogP contribution in [0, 0.1) is 5.41 Å². The number of furan rings is 1. The molecule has 2 N–H and O–H groups in total. The van der Waals surface area contributed by atoms with Gasteiger partial charge in [-0.25, -0.2) is 0 Å². The Labute approximate surface area is 123 Å². The Kier molecular flexibility index (Phi) is 3.80. The average molecular weight is 285 g/mol. The van der Waals surface area contributed by atoms with Gasteiger partial charge in [-0.1, -0.05) is 30.3 Å². The van der Waals surface area contributed by atoms with Crippen LogP contribution in [0.5, 0.6) is 0 Å². The maximum absolute atomic E-state index is 12.3. The van der Waals surface area contributed by atoms with Crippen molar-refractivity contribution in [2.75, 3.05) is 13.2 Å². The second-order valence-electron chi connectivity index (χ2n) is 5.69. The summed E-state index contributed by atoms with van der Waals surface area (Å²) in [5.41, 5.74) is 1.87. The van der Waals surface area contributed by atoms with E-state index in [0.717, 1.165) is 30.4 Å². The molecule has 4 heteroatoms. The summed E-state index contributed by atoms with van der Waals surface area (Å²) in [6.45, 7) is 0.771. The minimum absolute atomic E-state index is 0.101. The lowest BCUT2D eigenvalue weighted by molar-refractivity contribution is 0.0914. The van der Waals surface area contributed by atoms with Crippen molar-refractivity contribution in [2.45, 2.75) is 19.3 Å². The van der Waals surface area contributed by atoms with Gasteiger partial charge in [0.1, 0.15) is 0 Å². The summed E-state index contributed by atoms with van der Waals surface area (Å²) in [7, 11) is 0.